The van der Waals surface area contributed by atoms with Gasteiger partial charge >= 0.3 is 5.97 Å². The van der Waals surface area contributed by atoms with Crippen molar-refractivity contribution in [3.8, 4) is 0 Å². The fraction of sp³-hybridized carbons (Fsp3) is 0.733. The van der Waals surface area contributed by atoms with Crippen molar-refractivity contribution in [2.75, 3.05) is 0 Å². The van der Waals surface area contributed by atoms with Gasteiger partial charge < -0.3 is 15.3 Å². The predicted octanol–water partition coefficient (Wildman–Crippen LogP) is 4.20. The summed E-state index contributed by atoms with van der Waals surface area (Å²) in [5.41, 5.74) is -3.60. The van der Waals surface area contributed by atoms with Crippen molar-refractivity contribution >= 4 is 23.3 Å². The second-order valence-corrected chi connectivity index (χ2v) is 13.6. The molecule has 7 nitrogen and oxygen atoms in total. The molecular weight excluding hydrogens is 472 g/mol. The molecule has 7 heteroatoms. The first-order valence-corrected chi connectivity index (χ1v) is 13.5. The molecule has 0 spiro atoms. The lowest BCUT2D eigenvalue weighted by atomic mass is 9.42. The van der Waals surface area contributed by atoms with Crippen LogP contribution in [-0.4, -0.2) is 50.3 Å². The number of carbonyl (C=O) groups excluding carboxylic acids is 3. The minimum Gasteiger partial charge on any atom is -0.478 e. The zero-order valence-corrected chi connectivity index (χ0v) is 23.2. The molecule has 204 valence electrons. The number of rotatable bonds is 5. The van der Waals surface area contributed by atoms with E-state index < -0.39 is 45.3 Å². The van der Waals surface area contributed by atoms with E-state index in [2.05, 4.69) is 0 Å². The standard InChI is InChI=1S/C30H42O7/c1-16(25(35)36)9-8-11-29(6,37)20-14-22(34)30(7)24-17(31)13-19-26(2,3)21(33)10-12-27(19,4)23(24)18(32)15-28(20,30)5/h9,19-21,33,37H,8,10-15H2,1-7H3,(H,35,36)/b16-9+/t19?,20-,21-,27-,28+,29?,30-/m0/s1. The normalized spacial score (nSPS) is 41.2. The van der Waals surface area contributed by atoms with Crippen LogP contribution in [0.25, 0.3) is 0 Å². The van der Waals surface area contributed by atoms with Crippen molar-refractivity contribution in [2.45, 2.75) is 105 Å². The molecule has 0 aliphatic heterocycles. The van der Waals surface area contributed by atoms with E-state index in [1.807, 2.05) is 27.7 Å². The smallest absolute Gasteiger partial charge is 0.330 e. The van der Waals surface area contributed by atoms with Crippen LogP contribution in [0, 0.1) is 33.5 Å². The number of hydrogen-bond acceptors (Lipinski definition) is 6. The van der Waals surface area contributed by atoms with E-state index >= 15 is 0 Å². The number of aliphatic hydroxyl groups is 2. The van der Waals surface area contributed by atoms with Gasteiger partial charge in [-0.05, 0) is 63.2 Å². The molecule has 0 aromatic heterocycles. The minimum absolute atomic E-state index is 0.0588. The number of hydrogen-bond donors (Lipinski definition) is 3. The highest BCUT2D eigenvalue weighted by Crippen LogP contribution is 2.70. The molecule has 0 radical (unpaired) electrons. The Balaban J connectivity index is 1.80. The molecule has 0 aromatic rings. The van der Waals surface area contributed by atoms with E-state index in [9.17, 15) is 29.4 Å². The lowest BCUT2D eigenvalue weighted by Crippen LogP contribution is -2.60. The number of aliphatic hydroxyl groups excluding tert-OH is 1. The summed E-state index contributed by atoms with van der Waals surface area (Å²) in [6.07, 6.45) is 2.98. The van der Waals surface area contributed by atoms with Crippen LogP contribution < -0.4 is 0 Å². The molecule has 7 atom stereocenters. The fourth-order valence-electron chi connectivity index (χ4n) is 8.70. The summed E-state index contributed by atoms with van der Waals surface area (Å²) in [4.78, 5) is 53.0. The maximum Gasteiger partial charge on any atom is 0.330 e. The van der Waals surface area contributed by atoms with Crippen molar-refractivity contribution < 1.29 is 34.5 Å². The molecule has 0 amide bonds. The van der Waals surface area contributed by atoms with Crippen LogP contribution in [0.5, 0.6) is 0 Å². The maximum atomic E-state index is 14.0. The van der Waals surface area contributed by atoms with E-state index in [0.29, 0.717) is 30.4 Å². The number of carboxylic acids is 1. The Bertz CT molecular complexity index is 1140. The summed E-state index contributed by atoms with van der Waals surface area (Å²) in [6, 6.07) is 0. The number of allylic oxidation sites excluding steroid dienone is 3. The molecule has 0 bridgehead atoms. The molecule has 4 aliphatic carbocycles. The SMILES string of the molecule is C/C(=C\CCC(C)(O)[C@H]1CC(=O)[C@@]2(C)C3=C(C(=O)C[C@]12C)[C@@]1(C)CC[C@H](O)C(C)(C)C1CC3=O)C(=O)O. The zero-order chi connectivity index (χ0) is 27.9. The van der Waals surface area contributed by atoms with Gasteiger partial charge in [-0.2, -0.15) is 0 Å². The highest BCUT2D eigenvalue weighted by molar-refractivity contribution is 6.16. The third-order valence-corrected chi connectivity index (χ3v) is 11.3. The van der Waals surface area contributed by atoms with Gasteiger partial charge in [0, 0.05) is 47.3 Å². The van der Waals surface area contributed by atoms with Gasteiger partial charge in [-0.15, -0.1) is 0 Å². The molecule has 2 saturated carbocycles. The zero-order valence-electron chi connectivity index (χ0n) is 23.2. The van der Waals surface area contributed by atoms with Crippen molar-refractivity contribution in [3.05, 3.63) is 22.8 Å². The number of Topliss-reactive ketones (excluding diaryl/α,β-unsaturated/α-hetero) is 3. The highest BCUT2D eigenvalue weighted by atomic mass is 16.4. The van der Waals surface area contributed by atoms with Gasteiger partial charge in [0.1, 0.15) is 5.78 Å². The van der Waals surface area contributed by atoms with E-state index in [1.165, 1.54) is 6.92 Å². The fourth-order valence-corrected chi connectivity index (χ4v) is 8.70. The van der Waals surface area contributed by atoms with E-state index in [1.54, 1.807) is 19.9 Å². The van der Waals surface area contributed by atoms with Gasteiger partial charge in [-0.1, -0.05) is 33.8 Å². The largest absolute Gasteiger partial charge is 0.478 e. The number of aliphatic carboxylic acids is 1. The Kier molecular flexibility index (Phi) is 6.36. The van der Waals surface area contributed by atoms with E-state index in [4.69, 9.17) is 5.11 Å². The molecule has 4 aliphatic rings. The first kappa shape index (κ1) is 27.9. The van der Waals surface area contributed by atoms with Gasteiger partial charge in [0.05, 0.1) is 17.1 Å². The van der Waals surface area contributed by atoms with Gasteiger partial charge in [-0.25, -0.2) is 4.79 Å². The summed E-state index contributed by atoms with van der Waals surface area (Å²) in [5.74, 6) is -2.21. The first-order chi connectivity index (χ1) is 16.9. The van der Waals surface area contributed by atoms with E-state index in [0.717, 1.165) is 0 Å². The molecule has 37 heavy (non-hydrogen) atoms. The van der Waals surface area contributed by atoms with Gasteiger partial charge in [0.25, 0.3) is 0 Å². The molecule has 0 saturated heterocycles. The van der Waals surface area contributed by atoms with E-state index in [-0.39, 0.29) is 54.5 Å². The summed E-state index contributed by atoms with van der Waals surface area (Å²) in [5, 5.41) is 31.5. The number of ketones is 3. The Morgan fingerprint density at radius 1 is 1.05 bits per heavy atom. The van der Waals surface area contributed by atoms with Crippen LogP contribution in [-0.2, 0) is 19.2 Å². The predicted molar refractivity (Wildman–Crippen MR) is 137 cm³/mol. The molecule has 2 unspecified atom stereocenters. The summed E-state index contributed by atoms with van der Waals surface area (Å²) < 4.78 is 0. The summed E-state index contributed by atoms with van der Waals surface area (Å²) in [7, 11) is 0. The highest BCUT2D eigenvalue weighted by Gasteiger charge is 2.71. The quantitative estimate of drug-likeness (QED) is 0.469. The monoisotopic (exact) mass is 514 g/mol. The van der Waals surface area contributed by atoms with Crippen LogP contribution in [0.1, 0.15) is 93.4 Å². The van der Waals surface area contributed by atoms with Crippen molar-refractivity contribution in [2.24, 2.45) is 33.5 Å². The lowest BCUT2D eigenvalue weighted by Gasteiger charge is -2.60. The van der Waals surface area contributed by atoms with Crippen LogP contribution in [0.2, 0.25) is 0 Å². The van der Waals surface area contributed by atoms with Gasteiger partial charge in [0.15, 0.2) is 11.6 Å². The molecule has 0 heterocycles. The van der Waals surface area contributed by atoms with Crippen LogP contribution in [0.15, 0.2) is 22.8 Å². The third kappa shape index (κ3) is 3.67. The molecule has 2 fully saturated rings. The van der Waals surface area contributed by atoms with Gasteiger partial charge in [0.2, 0.25) is 0 Å². The summed E-state index contributed by atoms with van der Waals surface area (Å²) in [6.45, 7) is 12.8. The number of carbonyl (C=O) groups is 4. The van der Waals surface area contributed by atoms with Crippen molar-refractivity contribution in [1.29, 1.82) is 0 Å². The average molecular weight is 515 g/mol. The first-order valence-electron chi connectivity index (χ1n) is 13.5. The second kappa shape index (κ2) is 8.44. The molecule has 0 aromatic carbocycles. The Morgan fingerprint density at radius 3 is 2.27 bits per heavy atom. The van der Waals surface area contributed by atoms with Crippen LogP contribution >= 0.6 is 0 Å². The number of carboxylic acid groups (broad SMARTS) is 1. The third-order valence-electron chi connectivity index (χ3n) is 11.3. The molecule has 4 rings (SSSR count). The summed E-state index contributed by atoms with van der Waals surface area (Å²) >= 11 is 0. The minimum atomic E-state index is -1.34. The van der Waals surface area contributed by atoms with Crippen LogP contribution in [0.4, 0.5) is 0 Å². The Hall–Kier alpha value is -2.12. The Labute approximate surface area is 219 Å². The Morgan fingerprint density at radius 2 is 1.68 bits per heavy atom. The molecular formula is C30H42O7. The average Bonchev–Trinajstić information content (AvgIpc) is 2.99. The maximum absolute atomic E-state index is 14.0. The van der Waals surface area contributed by atoms with Crippen molar-refractivity contribution in [1.82, 2.24) is 0 Å². The second-order valence-electron chi connectivity index (χ2n) is 13.6. The lowest BCUT2D eigenvalue weighted by molar-refractivity contribution is -0.147. The van der Waals surface area contributed by atoms with Gasteiger partial charge in [-0.3, -0.25) is 14.4 Å². The van der Waals surface area contributed by atoms with Crippen LogP contribution in [0.3, 0.4) is 0 Å². The molecule has 3 N–H and O–H groups in total. The van der Waals surface area contributed by atoms with Crippen molar-refractivity contribution in [3.63, 3.8) is 0 Å². The number of fused-ring (bicyclic) bond motifs is 4. The topological polar surface area (TPSA) is 129 Å².